The first kappa shape index (κ1) is 14.3. The molecule has 3 N–H and O–H groups in total. The molecule has 0 aromatic heterocycles. The lowest BCUT2D eigenvalue weighted by Gasteiger charge is -2.34. The maximum Gasteiger partial charge on any atom is 0.303 e. The van der Waals surface area contributed by atoms with Crippen molar-refractivity contribution in [2.45, 2.75) is 56.9 Å². The average molecular weight is 268 g/mol. The summed E-state index contributed by atoms with van der Waals surface area (Å²) in [4.78, 5) is 24.9. The van der Waals surface area contributed by atoms with E-state index in [1.165, 1.54) is 0 Å². The second kappa shape index (κ2) is 5.90. The van der Waals surface area contributed by atoms with Crippen molar-refractivity contribution in [1.82, 2.24) is 4.90 Å². The van der Waals surface area contributed by atoms with Gasteiger partial charge in [-0.15, -0.1) is 0 Å². The summed E-state index contributed by atoms with van der Waals surface area (Å²) in [7, 11) is 0. The highest BCUT2D eigenvalue weighted by Gasteiger charge is 2.34. The Kier molecular flexibility index (Phi) is 4.45. The molecule has 2 rings (SSSR count). The van der Waals surface area contributed by atoms with Crippen LogP contribution in [-0.2, 0) is 9.59 Å². The number of carbonyl (C=O) groups is 2. The van der Waals surface area contributed by atoms with E-state index in [2.05, 4.69) is 0 Å². The molecular formula is C14H24N2O3. The average Bonchev–Trinajstić information content (AvgIpc) is 2.75. The number of piperidine rings is 1. The van der Waals surface area contributed by atoms with Crippen molar-refractivity contribution in [2.75, 3.05) is 13.1 Å². The van der Waals surface area contributed by atoms with Crippen LogP contribution in [0.5, 0.6) is 0 Å². The summed E-state index contributed by atoms with van der Waals surface area (Å²) in [5.74, 6) is -0.558. The quantitative estimate of drug-likeness (QED) is 0.806. The Morgan fingerprint density at radius 2 is 1.95 bits per heavy atom. The van der Waals surface area contributed by atoms with Crippen LogP contribution >= 0.6 is 0 Å². The molecule has 5 nitrogen and oxygen atoms in total. The molecule has 19 heavy (non-hydrogen) atoms. The van der Waals surface area contributed by atoms with Crippen molar-refractivity contribution in [3.8, 4) is 0 Å². The van der Waals surface area contributed by atoms with E-state index in [-0.39, 0.29) is 23.8 Å². The molecule has 1 unspecified atom stereocenters. The monoisotopic (exact) mass is 268 g/mol. The van der Waals surface area contributed by atoms with Crippen molar-refractivity contribution in [1.29, 1.82) is 0 Å². The molecule has 1 aliphatic heterocycles. The third-order valence-corrected chi connectivity index (χ3v) is 4.44. The molecule has 0 spiro atoms. The van der Waals surface area contributed by atoms with E-state index < -0.39 is 5.97 Å². The van der Waals surface area contributed by atoms with Gasteiger partial charge < -0.3 is 15.7 Å². The fraction of sp³-hybridized carbons (Fsp3) is 0.857. The van der Waals surface area contributed by atoms with E-state index >= 15 is 0 Å². The third-order valence-electron chi connectivity index (χ3n) is 4.44. The summed E-state index contributed by atoms with van der Waals surface area (Å²) >= 11 is 0. The van der Waals surface area contributed by atoms with Crippen LogP contribution in [0.1, 0.15) is 51.4 Å². The molecule has 0 bridgehead atoms. The number of hydrogen-bond acceptors (Lipinski definition) is 3. The van der Waals surface area contributed by atoms with Crippen LogP contribution < -0.4 is 5.73 Å². The third kappa shape index (κ3) is 3.93. The van der Waals surface area contributed by atoms with Gasteiger partial charge in [-0.2, -0.15) is 0 Å². The van der Waals surface area contributed by atoms with E-state index in [4.69, 9.17) is 10.8 Å². The standard InChI is InChI=1S/C14H24N2O3/c15-14(5-1-2-6-14)9-12(17)16-7-3-4-11(10-16)8-13(18)19/h11H,1-10,15H2,(H,18,19). The molecule has 1 saturated heterocycles. The predicted octanol–water partition coefficient (Wildman–Crippen LogP) is 1.36. The highest BCUT2D eigenvalue weighted by atomic mass is 16.4. The van der Waals surface area contributed by atoms with Gasteiger partial charge in [0.25, 0.3) is 0 Å². The van der Waals surface area contributed by atoms with Crippen LogP contribution in [0.4, 0.5) is 0 Å². The van der Waals surface area contributed by atoms with Gasteiger partial charge in [-0.25, -0.2) is 0 Å². The zero-order chi connectivity index (χ0) is 13.9. The summed E-state index contributed by atoms with van der Waals surface area (Å²) in [5.41, 5.74) is 5.93. The minimum absolute atomic E-state index is 0.104. The number of likely N-dealkylation sites (tertiary alicyclic amines) is 1. The Hall–Kier alpha value is -1.10. The summed E-state index contributed by atoms with van der Waals surface area (Å²) in [5, 5.41) is 8.84. The summed E-state index contributed by atoms with van der Waals surface area (Å²) in [6.07, 6.45) is 6.50. The van der Waals surface area contributed by atoms with E-state index in [0.717, 1.165) is 45.1 Å². The molecule has 1 aliphatic carbocycles. The number of rotatable bonds is 4. The van der Waals surface area contributed by atoms with Crippen molar-refractivity contribution in [2.24, 2.45) is 11.7 Å². The minimum atomic E-state index is -0.773. The van der Waals surface area contributed by atoms with Gasteiger partial charge in [-0.1, -0.05) is 12.8 Å². The lowest BCUT2D eigenvalue weighted by molar-refractivity contribution is -0.141. The van der Waals surface area contributed by atoms with Crippen molar-refractivity contribution in [3.63, 3.8) is 0 Å². The SMILES string of the molecule is NC1(CC(=O)N2CCCC(CC(=O)O)C2)CCCC1. The highest BCUT2D eigenvalue weighted by molar-refractivity contribution is 5.77. The van der Waals surface area contributed by atoms with Crippen LogP contribution in [-0.4, -0.2) is 40.5 Å². The zero-order valence-electron chi connectivity index (χ0n) is 11.4. The Labute approximate surface area is 114 Å². The summed E-state index contributed by atoms with van der Waals surface area (Å²) in [6, 6.07) is 0. The molecule has 1 saturated carbocycles. The minimum Gasteiger partial charge on any atom is -0.481 e. The van der Waals surface area contributed by atoms with E-state index in [0.29, 0.717) is 13.0 Å². The summed E-state index contributed by atoms with van der Waals surface area (Å²) < 4.78 is 0. The topological polar surface area (TPSA) is 83.6 Å². The molecule has 1 amide bonds. The van der Waals surface area contributed by atoms with Gasteiger partial charge in [0.15, 0.2) is 0 Å². The molecule has 0 aromatic carbocycles. The Morgan fingerprint density at radius 1 is 1.26 bits per heavy atom. The van der Waals surface area contributed by atoms with E-state index in [9.17, 15) is 9.59 Å². The van der Waals surface area contributed by atoms with Gasteiger partial charge in [0.2, 0.25) is 5.91 Å². The van der Waals surface area contributed by atoms with Gasteiger partial charge in [0.05, 0.1) is 0 Å². The number of aliphatic carboxylic acids is 1. The summed E-state index contributed by atoms with van der Waals surface area (Å²) in [6.45, 7) is 1.34. The maximum absolute atomic E-state index is 12.3. The van der Waals surface area contributed by atoms with Crippen LogP contribution in [0.15, 0.2) is 0 Å². The van der Waals surface area contributed by atoms with E-state index in [1.54, 1.807) is 0 Å². The molecule has 0 aromatic rings. The van der Waals surface area contributed by atoms with Crippen LogP contribution in [0.3, 0.4) is 0 Å². The Balaban J connectivity index is 1.86. The van der Waals surface area contributed by atoms with Crippen molar-refractivity contribution in [3.05, 3.63) is 0 Å². The van der Waals surface area contributed by atoms with Crippen molar-refractivity contribution < 1.29 is 14.7 Å². The van der Waals surface area contributed by atoms with Gasteiger partial charge in [-0.05, 0) is 31.6 Å². The van der Waals surface area contributed by atoms with Gasteiger partial charge in [-0.3, -0.25) is 9.59 Å². The first-order chi connectivity index (χ1) is 8.98. The van der Waals surface area contributed by atoms with Gasteiger partial charge in [0.1, 0.15) is 0 Å². The zero-order valence-corrected chi connectivity index (χ0v) is 11.4. The van der Waals surface area contributed by atoms with Crippen LogP contribution in [0.25, 0.3) is 0 Å². The lowest BCUT2D eigenvalue weighted by atomic mass is 9.91. The molecule has 0 radical (unpaired) electrons. The number of carboxylic acids is 1. The number of carbonyl (C=O) groups excluding carboxylic acids is 1. The van der Waals surface area contributed by atoms with E-state index in [1.807, 2.05) is 4.90 Å². The smallest absolute Gasteiger partial charge is 0.303 e. The second-order valence-electron chi connectivity index (χ2n) is 6.19. The molecule has 1 heterocycles. The number of nitrogens with two attached hydrogens (primary N) is 1. The Morgan fingerprint density at radius 3 is 2.58 bits per heavy atom. The van der Waals surface area contributed by atoms with Crippen LogP contribution in [0, 0.1) is 5.92 Å². The first-order valence-electron chi connectivity index (χ1n) is 7.27. The van der Waals surface area contributed by atoms with Gasteiger partial charge in [0, 0.05) is 31.5 Å². The molecule has 1 atom stereocenters. The van der Waals surface area contributed by atoms with Crippen LogP contribution in [0.2, 0.25) is 0 Å². The second-order valence-corrected chi connectivity index (χ2v) is 6.19. The Bertz CT molecular complexity index is 351. The molecule has 2 fully saturated rings. The predicted molar refractivity (Wildman–Crippen MR) is 71.6 cm³/mol. The van der Waals surface area contributed by atoms with Gasteiger partial charge >= 0.3 is 5.97 Å². The largest absolute Gasteiger partial charge is 0.481 e. The number of amides is 1. The number of carboxylic acid groups (broad SMARTS) is 1. The molecule has 108 valence electrons. The molecule has 5 heteroatoms. The number of nitrogens with zero attached hydrogens (tertiary/aromatic N) is 1. The molecule has 2 aliphatic rings. The normalized spacial score (nSPS) is 26.4. The molecular weight excluding hydrogens is 244 g/mol. The van der Waals surface area contributed by atoms with Crippen molar-refractivity contribution >= 4 is 11.9 Å². The fourth-order valence-electron chi connectivity index (χ4n) is 3.37. The maximum atomic E-state index is 12.3. The highest BCUT2D eigenvalue weighted by Crippen LogP contribution is 2.31. The first-order valence-corrected chi connectivity index (χ1v) is 7.27. The lowest BCUT2D eigenvalue weighted by Crippen LogP contribution is -2.46. The fourth-order valence-corrected chi connectivity index (χ4v) is 3.37. The number of hydrogen-bond donors (Lipinski definition) is 2.